The van der Waals surface area contributed by atoms with E-state index in [2.05, 4.69) is 11.4 Å². The van der Waals surface area contributed by atoms with Gasteiger partial charge < -0.3 is 10.4 Å². The van der Waals surface area contributed by atoms with Crippen LogP contribution in [0.5, 0.6) is 0 Å². The number of aliphatic carboxylic acids is 1. The number of hydrogen-bond acceptors (Lipinski definition) is 3. The molecule has 1 saturated carbocycles. The third-order valence-corrected chi connectivity index (χ3v) is 4.07. The summed E-state index contributed by atoms with van der Waals surface area (Å²) in [5.74, 6) is -2.13. The SMILES string of the molecule is N#CC1(C(=O)NCC(C(=O)O)c2ccccc2)CCCC1. The average molecular weight is 286 g/mol. The molecule has 1 aromatic carbocycles. The number of amides is 1. The van der Waals surface area contributed by atoms with Gasteiger partial charge in [0.2, 0.25) is 5.91 Å². The standard InChI is InChI=1S/C16H18N2O3/c17-11-16(8-4-5-9-16)15(21)18-10-13(14(19)20)12-6-2-1-3-7-12/h1-3,6-7,13H,4-5,8-10H2,(H,18,21)(H,19,20). The Kier molecular flexibility index (Phi) is 4.59. The first-order chi connectivity index (χ1) is 10.1. The van der Waals surface area contributed by atoms with Gasteiger partial charge in [-0.3, -0.25) is 9.59 Å². The molecule has 21 heavy (non-hydrogen) atoms. The van der Waals surface area contributed by atoms with Gasteiger partial charge >= 0.3 is 5.97 Å². The summed E-state index contributed by atoms with van der Waals surface area (Å²) in [5, 5.41) is 21.2. The van der Waals surface area contributed by atoms with E-state index in [1.54, 1.807) is 24.3 Å². The van der Waals surface area contributed by atoms with Crippen LogP contribution in [-0.4, -0.2) is 23.5 Å². The zero-order valence-electron chi connectivity index (χ0n) is 11.7. The highest BCUT2D eigenvalue weighted by molar-refractivity contribution is 5.86. The van der Waals surface area contributed by atoms with Crippen molar-refractivity contribution < 1.29 is 14.7 Å². The molecule has 5 heteroatoms. The van der Waals surface area contributed by atoms with E-state index in [-0.39, 0.29) is 12.5 Å². The number of rotatable bonds is 5. The maximum atomic E-state index is 12.2. The van der Waals surface area contributed by atoms with E-state index < -0.39 is 17.3 Å². The van der Waals surface area contributed by atoms with Crippen molar-refractivity contribution in [2.24, 2.45) is 5.41 Å². The number of carbonyl (C=O) groups is 2. The van der Waals surface area contributed by atoms with Crippen LogP contribution in [0.25, 0.3) is 0 Å². The molecule has 1 aliphatic rings. The van der Waals surface area contributed by atoms with Gasteiger partial charge in [-0.1, -0.05) is 43.2 Å². The Hall–Kier alpha value is -2.35. The van der Waals surface area contributed by atoms with Gasteiger partial charge in [0, 0.05) is 6.54 Å². The van der Waals surface area contributed by atoms with Crippen LogP contribution in [-0.2, 0) is 9.59 Å². The molecule has 0 radical (unpaired) electrons. The van der Waals surface area contributed by atoms with E-state index in [4.69, 9.17) is 0 Å². The second kappa shape index (κ2) is 6.40. The zero-order chi connectivity index (χ0) is 15.3. The van der Waals surface area contributed by atoms with Crippen molar-refractivity contribution in [2.45, 2.75) is 31.6 Å². The number of carboxylic acids is 1. The number of nitrogens with zero attached hydrogens (tertiary/aromatic N) is 1. The minimum atomic E-state index is -0.987. The summed E-state index contributed by atoms with van der Waals surface area (Å²) in [6.45, 7) is 0.00160. The van der Waals surface area contributed by atoms with Crippen LogP contribution in [0.4, 0.5) is 0 Å². The van der Waals surface area contributed by atoms with Crippen molar-refractivity contribution in [1.29, 1.82) is 5.26 Å². The molecule has 0 aromatic heterocycles. The van der Waals surface area contributed by atoms with Gasteiger partial charge in [0.05, 0.1) is 12.0 Å². The summed E-state index contributed by atoms with van der Waals surface area (Å²) in [6.07, 6.45) is 2.83. The summed E-state index contributed by atoms with van der Waals surface area (Å²) in [6, 6.07) is 10.9. The molecule has 0 heterocycles. The van der Waals surface area contributed by atoms with Crippen molar-refractivity contribution in [1.82, 2.24) is 5.32 Å². The third kappa shape index (κ3) is 3.22. The monoisotopic (exact) mass is 286 g/mol. The Bertz CT molecular complexity index is 557. The summed E-state index contributed by atoms with van der Waals surface area (Å²) in [5.41, 5.74) is -0.331. The topological polar surface area (TPSA) is 90.2 Å². The Morgan fingerprint density at radius 2 is 1.90 bits per heavy atom. The number of nitrogens with one attached hydrogen (secondary N) is 1. The molecule has 2 rings (SSSR count). The Morgan fingerprint density at radius 1 is 1.29 bits per heavy atom. The molecule has 0 bridgehead atoms. The predicted molar refractivity (Wildman–Crippen MR) is 76.3 cm³/mol. The maximum Gasteiger partial charge on any atom is 0.312 e. The smallest absolute Gasteiger partial charge is 0.312 e. The number of carbonyl (C=O) groups excluding carboxylic acids is 1. The van der Waals surface area contributed by atoms with Gasteiger partial charge in [0.15, 0.2) is 0 Å². The highest BCUT2D eigenvalue weighted by Crippen LogP contribution is 2.37. The van der Waals surface area contributed by atoms with Crippen LogP contribution in [0.3, 0.4) is 0 Å². The predicted octanol–water partition coefficient (Wildman–Crippen LogP) is 2.05. The maximum absolute atomic E-state index is 12.2. The van der Waals surface area contributed by atoms with E-state index >= 15 is 0 Å². The summed E-state index contributed by atoms with van der Waals surface area (Å²) in [7, 11) is 0. The van der Waals surface area contributed by atoms with Crippen molar-refractivity contribution in [3.8, 4) is 6.07 Å². The van der Waals surface area contributed by atoms with Gasteiger partial charge in [-0.15, -0.1) is 0 Å². The van der Waals surface area contributed by atoms with Crippen LogP contribution < -0.4 is 5.32 Å². The summed E-state index contributed by atoms with van der Waals surface area (Å²) >= 11 is 0. The van der Waals surface area contributed by atoms with Gasteiger partial charge in [-0.05, 0) is 18.4 Å². The van der Waals surface area contributed by atoms with Gasteiger partial charge in [-0.2, -0.15) is 5.26 Å². The number of nitriles is 1. The molecule has 0 spiro atoms. The fourth-order valence-electron chi connectivity index (χ4n) is 2.77. The fraction of sp³-hybridized carbons (Fsp3) is 0.438. The lowest BCUT2D eigenvalue weighted by atomic mass is 9.86. The first-order valence-electron chi connectivity index (χ1n) is 7.06. The lowest BCUT2D eigenvalue weighted by Gasteiger charge is -2.21. The minimum absolute atomic E-state index is 0.00160. The summed E-state index contributed by atoms with van der Waals surface area (Å²) < 4.78 is 0. The minimum Gasteiger partial charge on any atom is -0.481 e. The van der Waals surface area contributed by atoms with Gasteiger partial charge in [0.1, 0.15) is 5.41 Å². The Morgan fingerprint density at radius 3 is 2.43 bits per heavy atom. The number of benzene rings is 1. The number of carboxylic acid groups (broad SMARTS) is 1. The van der Waals surface area contributed by atoms with E-state index in [1.165, 1.54) is 0 Å². The van der Waals surface area contributed by atoms with Crippen molar-refractivity contribution >= 4 is 11.9 Å². The van der Waals surface area contributed by atoms with E-state index in [9.17, 15) is 20.0 Å². The largest absolute Gasteiger partial charge is 0.481 e. The highest BCUT2D eigenvalue weighted by Gasteiger charge is 2.41. The van der Waals surface area contributed by atoms with Crippen LogP contribution >= 0.6 is 0 Å². The van der Waals surface area contributed by atoms with Crippen molar-refractivity contribution in [3.05, 3.63) is 35.9 Å². The molecule has 5 nitrogen and oxygen atoms in total. The first kappa shape index (κ1) is 15.0. The fourth-order valence-corrected chi connectivity index (χ4v) is 2.77. The molecule has 1 aromatic rings. The molecule has 0 saturated heterocycles. The van der Waals surface area contributed by atoms with Crippen LogP contribution in [0.1, 0.15) is 37.2 Å². The average Bonchev–Trinajstić information content (AvgIpc) is 2.98. The third-order valence-electron chi connectivity index (χ3n) is 4.07. The van der Waals surface area contributed by atoms with Gasteiger partial charge in [0.25, 0.3) is 0 Å². The Balaban J connectivity index is 2.05. The van der Waals surface area contributed by atoms with Crippen molar-refractivity contribution in [2.75, 3.05) is 6.54 Å². The second-order valence-electron chi connectivity index (χ2n) is 5.41. The Labute approximate surface area is 123 Å². The van der Waals surface area contributed by atoms with E-state index in [0.717, 1.165) is 12.8 Å². The lowest BCUT2D eigenvalue weighted by molar-refractivity contribution is -0.138. The molecule has 110 valence electrons. The quantitative estimate of drug-likeness (QED) is 0.866. The van der Waals surface area contributed by atoms with Gasteiger partial charge in [-0.25, -0.2) is 0 Å². The molecule has 0 aliphatic heterocycles. The normalized spacial score (nSPS) is 17.7. The second-order valence-corrected chi connectivity index (χ2v) is 5.41. The molecule has 1 amide bonds. The van der Waals surface area contributed by atoms with Crippen LogP contribution in [0.2, 0.25) is 0 Å². The molecule has 1 atom stereocenters. The zero-order valence-corrected chi connectivity index (χ0v) is 11.7. The van der Waals surface area contributed by atoms with Crippen LogP contribution in [0, 0.1) is 16.7 Å². The molecule has 1 aliphatic carbocycles. The number of hydrogen-bond donors (Lipinski definition) is 2. The molecule has 1 unspecified atom stereocenters. The van der Waals surface area contributed by atoms with Crippen molar-refractivity contribution in [3.63, 3.8) is 0 Å². The first-order valence-corrected chi connectivity index (χ1v) is 7.06. The van der Waals surface area contributed by atoms with E-state index in [1.807, 2.05) is 6.07 Å². The lowest BCUT2D eigenvalue weighted by Crippen LogP contribution is -2.41. The highest BCUT2D eigenvalue weighted by atomic mass is 16.4. The molecule has 2 N–H and O–H groups in total. The summed E-state index contributed by atoms with van der Waals surface area (Å²) in [4.78, 5) is 23.6. The molecular weight excluding hydrogens is 268 g/mol. The molecular formula is C16H18N2O3. The molecule has 1 fully saturated rings. The van der Waals surface area contributed by atoms with E-state index in [0.29, 0.717) is 18.4 Å². The van der Waals surface area contributed by atoms with Crippen LogP contribution in [0.15, 0.2) is 30.3 Å².